The molecule has 0 spiro atoms. The fraction of sp³-hybridized carbons (Fsp3) is 0.182. The van der Waals surface area contributed by atoms with E-state index in [1.165, 1.54) is 12.1 Å². The van der Waals surface area contributed by atoms with Crippen molar-refractivity contribution in [3.05, 3.63) is 46.3 Å². The second kappa shape index (κ2) is 5.21. The normalized spacial score (nSPS) is 11.7. The number of aryl methyl sites for hydroxylation is 1. The van der Waals surface area contributed by atoms with Crippen LogP contribution in [0, 0.1) is 6.92 Å². The largest absolute Gasteiger partial charge is 0.361 e. The van der Waals surface area contributed by atoms with E-state index in [0.29, 0.717) is 15.9 Å². The maximum atomic E-state index is 12.0. The SMILES string of the molecule is Cc1cc(CNS(=O)(=O)c2cccc(Br)c2)no1. The van der Waals surface area contributed by atoms with Gasteiger partial charge in [-0.3, -0.25) is 0 Å². The maximum absolute atomic E-state index is 12.0. The number of aromatic nitrogens is 1. The van der Waals surface area contributed by atoms with Gasteiger partial charge in [-0.1, -0.05) is 27.2 Å². The summed E-state index contributed by atoms with van der Waals surface area (Å²) in [6.07, 6.45) is 0. The average Bonchev–Trinajstić information content (AvgIpc) is 2.73. The van der Waals surface area contributed by atoms with Gasteiger partial charge in [-0.05, 0) is 25.1 Å². The molecule has 18 heavy (non-hydrogen) atoms. The molecule has 1 aromatic heterocycles. The molecule has 1 aromatic carbocycles. The van der Waals surface area contributed by atoms with Crippen LogP contribution in [0.15, 0.2) is 44.2 Å². The number of rotatable bonds is 4. The lowest BCUT2D eigenvalue weighted by Crippen LogP contribution is -2.23. The van der Waals surface area contributed by atoms with E-state index in [2.05, 4.69) is 25.8 Å². The lowest BCUT2D eigenvalue weighted by atomic mass is 10.4. The minimum absolute atomic E-state index is 0.103. The predicted molar refractivity (Wildman–Crippen MR) is 69.4 cm³/mol. The Balaban J connectivity index is 2.13. The highest BCUT2D eigenvalue weighted by molar-refractivity contribution is 9.10. The van der Waals surface area contributed by atoms with Crippen molar-refractivity contribution in [2.75, 3.05) is 0 Å². The second-order valence-corrected chi connectivity index (χ2v) is 6.39. The molecule has 0 unspecified atom stereocenters. The van der Waals surface area contributed by atoms with E-state index >= 15 is 0 Å². The summed E-state index contributed by atoms with van der Waals surface area (Å²) < 4.78 is 32.0. The highest BCUT2D eigenvalue weighted by Gasteiger charge is 2.14. The first-order valence-electron chi connectivity index (χ1n) is 5.15. The van der Waals surface area contributed by atoms with Gasteiger partial charge in [-0.15, -0.1) is 0 Å². The second-order valence-electron chi connectivity index (χ2n) is 3.71. The first-order chi connectivity index (χ1) is 8.47. The number of halogens is 1. The fourth-order valence-corrected chi connectivity index (χ4v) is 2.98. The number of sulfonamides is 1. The molecular weight excluding hydrogens is 320 g/mol. The Morgan fingerprint density at radius 2 is 2.17 bits per heavy atom. The number of nitrogens with one attached hydrogen (secondary N) is 1. The number of hydrogen-bond donors (Lipinski definition) is 1. The predicted octanol–water partition coefficient (Wildman–Crippen LogP) is 2.22. The molecule has 0 amide bonds. The van der Waals surface area contributed by atoms with Crippen LogP contribution in [0.3, 0.4) is 0 Å². The Hall–Kier alpha value is -1.18. The van der Waals surface area contributed by atoms with Gasteiger partial charge in [-0.25, -0.2) is 13.1 Å². The van der Waals surface area contributed by atoms with Gasteiger partial charge in [0.25, 0.3) is 0 Å². The third-order valence-electron chi connectivity index (χ3n) is 2.23. The highest BCUT2D eigenvalue weighted by atomic mass is 79.9. The van der Waals surface area contributed by atoms with Gasteiger partial charge >= 0.3 is 0 Å². The van der Waals surface area contributed by atoms with Crippen LogP contribution in [0.1, 0.15) is 11.5 Å². The topological polar surface area (TPSA) is 72.2 Å². The molecule has 96 valence electrons. The number of nitrogens with zero attached hydrogens (tertiary/aromatic N) is 1. The van der Waals surface area contributed by atoms with Crippen LogP contribution in [0.25, 0.3) is 0 Å². The summed E-state index contributed by atoms with van der Waals surface area (Å²) in [6.45, 7) is 1.85. The number of hydrogen-bond acceptors (Lipinski definition) is 4. The van der Waals surface area contributed by atoms with Gasteiger partial charge in [0.1, 0.15) is 5.76 Å². The molecule has 0 fully saturated rings. The van der Waals surface area contributed by atoms with E-state index in [9.17, 15) is 8.42 Å². The number of benzene rings is 1. The van der Waals surface area contributed by atoms with Gasteiger partial charge in [0.2, 0.25) is 10.0 Å². The molecule has 7 heteroatoms. The zero-order valence-electron chi connectivity index (χ0n) is 9.55. The van der Waals surface area contributed by atoms with E-state index in [1.54, 1.807) is 25.1 Å². The van der Waals surface area contributed by atoms with Crippen LogP contribution < -0.4 is 4.72 Å². The minimum atomic E-state index is -3.53. The first-order valence-corrected chi connectivity index (χ1v) is 7.42. The molecule has 0 aliphatic rings. The molecule has 0 saturated carbocycles. The Labute approximate surface area is 113 Å². The molecule has 1 N–H and O–H groups in total. The molecule has 1 heterocycles. The molecule has 0 atom stereocenters. The molecule has 5 nitrogen and oxygen atoms in total. The van der Waals surface area contributed by atoms with Crippen LogP contribution >= 0.6 is 15.9 Å². The highest BCUT2D eigenvalue weighted by Crippen LogP contribution is 2.16. The van der Waals surface area contributed by atoms with Crippen LogP contribution in [0.4, 0.5) is 0 Å². The van der Waals surface area contributed by atoms with Crippen LogP contribution in [0.5, 0.6) is 0 Å². The zero-order chi connectivity index (χ0) is 13.2. The van der Waals surface area contributed by atoms with Crippen molar-refractivity contribution in [3.63, 3.8) is 0 Å². The van der Waals surface area contributed by atoms with Gasteiger partial charge in [0, 0.05) is 10.5 Å². The van der Waals surface area contributed by atoms with Gasteiger partial charge in [0.05, 0.1) is 17.1 Å². The fourth-order valence-electron chi connectivity index (χ4n) is 1.39. The summed E-state index contributed by atoms with van der Waals surface area (Å²) in [5, 5.41) is 3.72. The van der Waals surface area contributed by atoms with E-state index < -0.39 is 10.0 Å². The van der Waals surface area contributed by atoms with Crippen molar-refractivity contribution >= 4 is 26.0 Å². The third-order valence-corrected chi connectivity index (χ3v) is 4.12. The Morgan fingerprint density at radius 3 is 2.78 bits per heavy atom. The Bertz CT molecular complexity index is 652. The van der Waals surface area contributed by atoms with E-state index in [0.717, 1.165) is 0 Å². The summed E-state index contributed by atoms with van der Waals surface area (Å²) in [6, 6.07) is 8.18. The smallest absolute Gasteiger partial charge is 0.240 e. The molecule has 0 radical (unpaired) electrons. The summed E-state index contributed by atoms with van der Waals surface area (Å²) in [4.78, 5) is 0.206. The van der Waals surface area contributed by atoms with E-state index in [1.807, 2.05) is 0 Å². The van der Waals surface area contributed by atoms with Crippen molar-refractivity contribution in [2.45, 2.75) is 18.4 Å². The quantitative estimate of drug-likeness (QED) is 0.932. The lowest BCUT2D eigenvalue weighted by molar-refractivity contribution is 0.390. The molecule has 2 aromatic rings. The summed E-state index contributed by atoms with van der Waals surface area (Å²) >= 11 is 3.23. The molecular formula is C11H11BrN2O3S. The monoisotopic (exact) mass is 330 g/mol. The van der Waals surface area contributed by atoms with E-state index in [-0.39, 0.29) is 11.4 Å². The first kappa shape index (κ1) is 13.3. The standard InChI is InChI=1S/C11H11BrN2O3S/c1-8-5-10(14-17-8)7-13-18(15,16)11-4-2-3-9(12)6-11/h2-6,13H,7H2,1H3. The van der Waals surface area contributed by atoms with E-state index in [4.69, 9.17) is 4.52 Å². The lowest BCUT2D eigenvalue weighted by Gasteiger charge is -2.05. The van der Waals surface area contributed by atoms with Crippen molar-refractivity contribution in [3.8, 4) is 0 Å². The van der Waals surface area contributed by atoms with Crippen LogP contribution in [-0.2, 0) is 16.6 Å². The zero-order valence-corrected chi connectivity index (χ0v) is 12.0. The van der Waals surface area contributed by atoms with Crippen molar-refractivity contribution in [1.82, 2.24) is 9.88 Å². The Kier molecular flexibility index (Phi) is 3.84. The molecule has 0 bridgehead atoms. The van der Waals surface area contributed by atoms with Crippen molar-refractivity contribution in [2.24, 2.45) is 0 Å². The molecule has 0 saturated heterocycles. The molecule has 2 rings (SSSR count). The van der Waals surface area contributed by atoms with Crippen LogP contribution in [-0.4, -0.2) is 13.6 Å². The maximum Gasteiger partial charge on any atom is 0.240 e. The van der Waals surface area contributed by atoms with Crippen molar-refractivity contribution < 1.29 is 12.9 Å². The van der Waals surface area contributed by atoms with Gasteiger partial charge in [0.15, 0.2) is 0 Å². The average molecular weight is 331 g/mol. The van der Waals surface area contributed by atoms with Gasteiger partial charge in [-0.2, -0.15) is 0 Å². The van der Waals surface area contributed by atoms with Crippen LogP contribution in [0.2, 0.25) is 0 Å². The summed E-state index contributed by atoms with van der Waals surface area (Å²) in [5.41, 5.74) is 0.547. The molecule has 0 aliphatic carbocycles. The van der Waals surface area contributed by atoms with Crippen molar-refractivity contribution in [1.29, 1.82) is 0 Å². The molecule has 0 aliphatic heterocycles. The third kappa shape index (κ3) is 3.18. The Morgan fingerprint density at radius 1 is 1.39 bits per heavy atom. The van der Waals surface area contributed by atoms with Gasteiger partial charge < -0.3 is 4.52 Å². The summed E-state index contributed by atoms with van der Waals surface area (Å²) in [5.74, 6) is 0.645. The minimum Gasteiger partial charge on any atom is -0.361 e. The summed E-state index contributed by atoms with van der Waals surface area (Å²) in [7, 11) is -3.53.